The van der Waals surface area contributed by atoms with Crippen LogP contribution in [0.4, 0.5) is 11.4 Å². The minimum Gasteiger partial charge on any atom is -0.467 e. The van der Waals surface area contributed by atoms with Crippen molar-refractivity contribution in [1.82, 2.24) is 5.32 Å². The molecule has 0 unspecified atom stereocenters. The van der Waals surface area contributed by atoms with Crippen molar-refractivity contribution in [2.45, 2.75) is 20.4 Å². The van der Waals surface area contributed by atoms with Crippen molar-refractivity contribution in [3.05, 3.63) is 83.3 Å². The van der Waals surface area contributed by atoms with E-state index in [1.165, 1.54) is 0 Å². The molecule has 0 atom stereocenters. The topological polar surface area (TPSA) is 83.4 Å². The highest BCUT2D eigenvalue weighted by atomic mass is 16.3. The first-order valence-corrected chi connectivity index (χ1v) is 9.04. The number of nitrogens with one attached hydrogen (secondary N) is 3. The van der Waals surface area contributed by atoms with Crippen molar-refractivity contribution < 1.29 is 14.0 Å². The fourth-order valence-electron chi connectivity index (χ4n) is 2.77. The third-order valence-corrected chi connectivity index (χ3v) is 4.49. The Bertz CT molecular complexity index is 965. The molecule has 144 valence electrons. The van der Waals surface area contributed by atoms with Gasteiger partial charge in [0.05, 0.1) is 24.9 Å². The van der Waals surface area contributed by atoms with Crippen LogP contribution in [-0.2, 0) is 11.3 Å². The number of furan rings is 1. The summed E-state index contributed by atoms with van der Waals surface area (Å²) < 4.78 is 5.22. The van der Waals surface area contributed by atoms with Crippen LogP contribution >= 0.6 is 0 Å². The van der Waals surface area contributed by atoms with E-state index >= 15 is 0 Å². The average molecular weight is 377 g/mol. The minimum absolute atomic E-state index is 0.0514. The van der Waals surface area contributed by atoms with Crippen LogP contribution in [0.5, 0.6) is 0 Å². The number of carbonyl (C=O) groups is 2. The van der Waals surface area contributed by atoms with E-state index in [9.17, 15) is 9.59 Å². The molecule has 0 fully saturated rings. The monoisotopic (exact) mass is 377 g/mol. The van der Waals surface area contributed by atoms with E-state index in [1.54, 1.807) is 36.6 Å². The molecular weight excluding hydrogens is 354 g/mol. The van der Waals surface area contributed by atoms with Crippen molar-refractivity contribution in [1.29, 1.82) is 0 Å². The van der Waals surface area contributed by atoms with Gasteiger partial charge in [-0.15, -0.1) is 0 Å². The lowest BCUT2D eigenvalue weighted by molar-refractivity contribution is -0.114. The SMILES string of the molecule is Cc1cccc(NC(=O)CNc2ccccc2C(=O)NCc2ccco2)c1C. The number of anilines is 2. The van der Waals surface area contributed by atoms with Crippen LogP contribution in [0.3, 0.4) is 0 Å². The zero-order valence-corrected chi connectivity index (χ0v) is 15.9. The van der Waals surface area contributed by atoms with Gasteiger partial charge in [0.2, 0.25) is 5.91 Å². The van der Waals surface area contributed by atoms with Gasteiger partial charge < -0.3 is 20.4 Å². The Balaban J connectivity index is 1.60. The van der Waals surface area contributed by atoms with E-state index in [4.69, 9.17) is 4.42 Å². The van der Waals surface area contributed by atoms with Crippen LogP contribution in [0.15, 0.2) is 65.3 Å². The summed E-state index contributed by atoms with van der Waals surface area (Å²) in [6.07, 6.45) is 1.56. The number of amides is 2. The molecule has 0 saturated carbocycles. The van der Waals surface area contributed by atoms with Gasteiger partial charge in [-0.05, 0) is 55.3 Å². The molecule has 1 aromatic heterocycles. The van der Waals surface area contributed by atoms with Gasteiger partial charge in [-0.2, -0.15) is 0 Å². The second-order valence-electron chi connectivity index (χ2n) is 6.46. The molecule has 1 heterocycles. The van der Waals surface area contributed by atoms with Crippen molar-refractivity contribution in [2.75, 3.05) is 17.2 Å². The molecule has 0 saturated heterocycles. The first-order chi connectivity index (χ1) is 13.5. The Morgan fingerprint density at radius 3 is 2.50 bits per heavy atom. The van der Waals surface area contributed by atoms with Gasteiger partial charge in [-0.1, -0.05) is 24.3 Å². The minimum atomic E-state index is -0.241. The molecule has 0 bridgehead atoms. The third-order valence-electron chi connectivity index (χ3n) is 4.49. The van der Waals surface area contributed by atoms with Gasteiger partial charge in [-0.25, -0.2) is 0 Å². The smallest absolute Gasteiger partial charge is 0.253 e. The quantitative estimate of drug-likeness (QED) is 0.583. The predicted molar refractivity (Wildman–Crippen MR) is 109 cm³/mol. The van der Waals surface area contributed by atoms with Crippen LogP contribution in [0, 0.1) is 13.8 Å². The number of aryl methyl sites for hydroxylation is 1. The Labute approximate surface area is 164 Å². The van der Waals surface area contributed by atoms with Crippen molar-refractivity contribution in [2.24, 2.45) is 0 Å². The van der Waals surface area contributed by atoms with Gasteiger partial charge in [0.1, 0.15) is 5.76 Å². The van der Waals surface area contributed by atoms with E-state index in [0.717, 1.165) is 16.8 Å². The lowest BCUT2D eigenvalue weighted by Crippen LogP contribution is -2.26. The number of hydrogen-bond donors (Lipinski definition) is 3. The predicted octanol–water partition coefficient (Wildman–Crippen LogP) is 3.88. The molecule has 3 aromatic rings. The van der Waals surface area contributed by atoms with Crippen molar-refractivity contribution >= 4 is 23.2 Å². The van der Waals surface area contributed by atoms with Crippen LogP contribution in [0.1, 0.15) is 27.2 Å². The van der Waals surface area contributed by atoms with Gasteiger partial charge >= 0.3 is 0 Å². The molecule has 0 aliphatic rings. The van der Waals surface area contributed by atoms with Gasteiger partial charge in [-0.3, -0.25) is 9.59 Å². The largest absolute Gasteiger partial charge is 0.467 e. The molecule has 0 spiro atoms. The Morgan fingerprint density at radius 1 is 0.929 bits per heavy atom. The summed E-state index contributed by atoms with van der Waals surface area (Å²) in [6.45, 7) is 4.32. The van der Waals surface area contributed by atoms with E-state index in [-0.39, 0.29) is 18.4 Å². The summed E-state index contributed by atoms with van der Waals surface area (Å²) in [5, 5.41) is 8.75. The summed E-state index contributed by atoms with van der Waals surface area (Å²) in [4.78, 5) is 24.8. The summed E-state index contributed by atoms with van der Waals surface area (Å²) >= 11 is 0. The molecule has 3 rings (SSSR count). The highest BCUT2D eigenvalue weighted by molar-refractivity contribution is 6.01. The number of para-hydroxylation sites is 1. The Kier molecular flexibility index (Phi) is 6.11. The lowest BCUT2D eigenvalue weighted by atomic mass is 10.1. The maximum absolute atomic E-state index is 12.5. The molecule has 0 radical (unpaired) electrons. The van der Waals surface area contributed by atoms with E-state index < -0.39 is 0 Å². The fraction of sp³-hybridized carbons (Fsp3) is 0.182. The van der Waals surface area contributed by atoms with Gasteiger partial charge in [0.15, 0.2) is 0 Å². The molecule has 3 N–H and O–H groups in total. The molecular formula is C22H23N3O3. The second kappa shape index (κ2) is 8.90. The van der Waals surface area contributed by atoms with Gasteiger partial charge in [0.25, 0.3) is 5.91 Å². The van der Waals surface area contributed by atoms with Crippen LogP contribution in [-0.4, -0.2) is 18.4 Å². The van der Waals surface area contributed by atoms with Crippen LogP contribution < -0.4 is 16.0 Å². The van der Waals surface area contributed by atoms with E-state index in [1.807, 2.05) is 38.1 Å². The molecule has 6 nitrogen and oxygen atoms in total. The summed E-state index contributed by atoms with van der Waals surface area (Å²) in [6, 6.07) is 16.4. The standard InChI is InChI=1S/C22H23N3O3/c1-15-7-5-11-19(16(15)2)25-21(26)14-23-20-10-4-3-9-18(20)22(27)24-13-17-8-6-12-28-17/h3-12,23H,13-14H2,1-2H3,(H,24,27)(H,25,26). The normalized spacial score (nSPS) is 10.4. The second-order valence-corrected chi connectivity index (χ2v) is 6.46. The molecule has 6 heteroatoms. The number of rotatable bonds is 7. The van der Waals surface area contributed by atoms with E-state index in [2.05, 4.69) is 16.0 Å². The first-order valence-electron chi connectivity index (χ1n) is 9.04. The first kappa shape index (κ1) is 19.2. The lowest BCUT2D eigenvalue weighted by Gasteiger charge is -2.13. The third kappa shape index (κ3) is 4.79. The Hall–Kier alpha value is -3.54. The van der Waals surface area contributed by atoms with Crippen LogP contribution in [0.25, 0.3) is 0 Å². The molecule has 2 aromatic carbocycles. The summed E-state index contributed by atoms with van der Waals surface area (Å²) in [5.74, 6) is 0.251. The number of carbonyl (C=O) groups excluding carboxylic acids is 2. The molecule has 0 aliphatic heterocycles. The van der Waals surface area contributed by atoms with E-state index in [0.29, 0.717) is 23.6 Å². The van der Waals surface area contributed by atoms with Crippen molar-refractivity contribution in [3.63, 3.8) is 0 Å². The zero-order valence-electron chi connectivity index (χ0n) is 15.9. The number of benzene rings is 2. The molecule has 2 amide bonds. The van der Waals surface area contributed by atoms with Gasteiger partial charge in [0, 0.05) is 11.4 Å². The number of hydrogen-bond acceptors (Lipinski definition) is 4. The molecule has 28 heavy (non-hydrogen) atoms. The zero-order chi connectivity index (χ0) is 19.9. The van der Waals surface area contributed by atoms with Crippen molar-refractivity contribution in [3.8, 4) is 0 Å². The van der Waals surface area contributed by atoms with Crippen LogP contribution in [0.2, 0.25) is 0 Å². The Morgan fingerprint density at radius 2 is 1.71 bits per heavy atom. The molecule has 0 aliphatic carbocycles. The highest BCUT2D eigenvalue weighted by Crippen LogP contribution is 2.18. The highest BCUT2D eigenvalue weighted by Gasteiger charge is 2.12. The maximum Gasteiger partial charge on any atom is 0.253 e. The average Bonchev–Trinajstić information content (AvgIpc) is 3.22. The maximum atomic E-state index is 12.5. The summed E-state index contributed by atoms with van der Waals surface area (Å²) in [5.41, 5.74) is 4.00. The fourth-order valence-corrected chi connectivity index (χ4v) is 2.77. The summed E-state index contributed by atoms with van der Waals surface area (Å²) in [7, 11) is 0.